The van der Waals surface area contributed by atoms with Gasteiger partial charge in [-0.3, -0.25) is 0 Å². The maximum atomic E-state index is 2.36. The zero-order chi connectivity index (χ0) is 19.5. The summed E-state index contributed by atoms with van der Waals surface area (Å²) in [5.74, 6) is 0. The van der Waals surface area contributed by atoms with Crippen LogP contribution in [0.5, 0.6) is 0 Å². The molecule has 29 heavy (non-hydrogen) atoms. The molecule has 150 valence electrons. The second-order valence-corrected chi connectivity index (χ2v) is 10.5. The maximum Gasteiger partial charge on any atom is 0.112 e. The number of allylic oxidation sites excluding steroid dienone is 4. The average Bonchev–Trinajstić information content (AvgIpc) is 2.78. The summed E-state index contributed by atoms with van der Waals surface area (Å²) < 4.78 is 0. The summed E-state index contributed by atoms with van der Waals surface area (Å²) in [6.07, 6.45) is 13.5. The molecule has 0 nitrogen and oxygen atoms in total. The monoisotopic (exact) mass is 512 g/mol. The van der Waals surface area contributed by atoms with Gasteiger partial charge in [-0.1, -0.05) is 85.8 Å². The van der Waals surface area contributed by atoms with Gasteiger partial charge in [-0.05, 0) is 49.2 Å². The number of hydrogen-bond donors (Lipinski definition) is 0. The first kappa shape index (κ1) is 23.6. The molecule has 0 saturated heterocycles. The Labute approximate surface area is 194 Å². The Morgan fingerprint density at radius 3 is 1.41 bits per heavy atom. The van der Waals surface area contributed by atoms with E-state index in [1.807, 2.05) is 0 Å². The van der Waals surface area contributed by atoms with E-state index >= 15 is 0 Å². The van der Waals surface area contributed by atoms with Crippen molar-refractivity contribution in [1.29, 1.82) is 0 Å². The van der Waals surface area contributed by atoms with E-state index < -0.39 is 7.26 Å². The lowest BCUT2D eigenvalue weighted by Gasteiger charge is -2.27. The van der Waals surface area contributed by atoms with E-state index in [-0.39, 0.29) is 24.0 Å². The quantitative estimate of drug-likeness (QED) is 0.235. The molecular weight excluding hydrogens is 482 g/mol. The predicted molar refractivity (Wildman–Crippen MR) is 128 cm³/mol. The largest absolute Gasteiger partial charge is 1.00 e. The first-order valence-corrected chi connectivity index (χ1v) is 12.2. The molecule has 0 aliphatic heterocycles. The Hall–Kier alpha value is -1.70. The molecule has 0 aliphatic rings. The molecule has 0 heterocycles. The van der Waals surface area contributed by atoms with Crippen LogP contribution in [0.25, 0.3) is 0 Å². The minimum Gasteiger partial charge on any atom is -1.00 e. The standard InChI is InChI=1S/C27H30P.HI/c1-2-3-4-5-6-7-17-24-28(25-18-11-8-12-19-25,26-20-13-9-14-21-26)27-22-15-10-16-23-27;/h3-4,6-16,18-23H,2,5,17,24H2,1H3;1H/q+1;/p-1/b4-3-,7-6-;. The highest BCUT2D eigenvalue weighted by Gasteiger charge is 2.44. The Bertz CT molecular complexity index is 774. The highest BCUT2D eigenvalue weighted by Crippen LogP contribution is 2.55. The van der Waals surface area contributed by atoms with Crippen molar-refractivity contribution >= 4 is 23.2 Å². The second-order valence-electron chi connectivity index (χ2n) is 6.92. The first-order valence-electron chi connectivity index (χ1n) is 10.2. The van der Waals surface area contributed by atoms with Crippen LogP contribution in [0.3, 0.4) is 0 Å². The molecule has 0 aromatic heterocycles. The van der Waals surface area contributed by atoms with Gasteiger partial charge < -0.3 is 24.0 Å². The normalized spacial score (nSPS) is 11.6. The van der Waals surface area contributed by atoms with Crippen LogP contribution in [0.2, 0.25) is 0 Å². The fourth-order valence-corrected chi connectivity index (χ4v) is 7.95. The van der Waals surface area contributed by atoms with E-state index in [1.54, 1.807) is 0 Å². The Morgan fingerprint density at radius 2 is 1.00 bits per heavy atom. The molecule has 0 amide bonds. The third-order valence-corrected chi connectivity index (χ3v) is 9.53. The van der Waals surface area contributed by atoms with Crippen molar-refractivity contribution in [2.45, 2.75) is 26.2 Å². The maximum absolute atomic E-state index is 2.36. The SMILES string of the molecule is CC/C=C\C/C=C\CC[P+](c1ccccc1)(c1ccccc1)c1ccccc1.[I-]. The van der Waals surface area contributed by atoms with Crippen molar-refractivity contribution in [2.24, 2.45) is 0 Å². The van der Waals surface area contributed by atoms with Crippen molar-refractivity contribution in [2.75, 3.05) is 6.16 Å². The van der Waals surface area contributed by atoms with Crippen molar-refractivity contribution in [3.8, 4) is 0 Å². The topological polar surface area (TPSA) is 0 Å². The molecule has 0 saturated carbocycles. The summed E-state index contributed by atoms with van der Waals surface area (Å²) in [4.78, 5) is 0. The van der Waals surface area contributed by atoms with Crippen LogP contribution in [0.1, 0.15) is 26.2 Å². The van der Waals surface area contributed by atoms with Crippen LogP contribution in [-0.4, -0.2) is 6.16 Å². The van der Waals surface area contributed by atoms with Crippen LogP contribution in [-0.2, 0) is 0 Å². The molecule has 0 radical (unpaired) electrons. The third kappa shape index (κ3) is 6.14. The number of halogens is 1. The van der Waals surface area contributed by atoms with Crippen molar-refractivity contribution < 1.29 is 24.0 Å². The number of hydrogen-bond acceptors (Lipinski definition) is 0. The molecule has 3 rings (SSSR count). The molecule has 0 N–H and O–H groups in total. The third-order valence-electron chi connectivity index (χ3n) is 5.06. The molecule has 2 heteroatoms. The number of rotatable bonds is 9. The smallest absolute Gasteiger partial charge is 0.112 e. The predicted octanol–water partition coefficient (Wildman–Crippen LogP) is 3.29. The Kier molecular flexibility index (Phi) is 10.4. The molecule has 0 unspecified atom stereocenters. The molecule has 3 aromatic rings. The lowest BCUT2D eigenvalue weighted by Crippen LogP contribution is -3.00. The van der Waals surface area contributed by atoms with Gasteiger partial charge in [-0.15, -0.1) is 0 Å². The fraction of sp³-hybridized carbons (Fsp3) is 0.185. The van der Waals surface area contributed by atoms with Crippen LogP contribution < -0.4 is 39.9 Å². The fourth-order valence-electron chi connectivity index (χ4n) is 3.71. The van der Waals surface area contributed by atoms with E-state index in [1.165, 1.54) is 15.9 Å². The van der Waals surface area contributed by atoms with Gasteiger partial charge in [0.15, 0.2) is 0 Å². The summed E-state index contributed by atoms with van der Waals surface area (Å²) in [6, 6.07) is 33.4. The van der Waals surface area contributed by atoms with E-state index in [9.17, 15) is 0 Å². The lowest BCUT2D eigenvalue weighted by molar-refractivity contribution is -0.00000553. The number of benzene rings is 3. The van der Waals surface area contributed by atoms with Gasteiger partial charge in [0.1, 0.15) is 23.2 Å². The van der Waals surface area contributed by atoms with Gasteiger partial charge in [0.2, 0.25) is 0 Å². The van der Waals surface area contributed by atoms with E-state index in [4.69, 9.17) is 0 Å². The van der Waals surface area contributed by atoms with Crippen molar-refractivity contribution in [1.82, 2.24) is 0 Å². The molecular formula is C27H30IP. The van der Waals surface area contributed by atoms with Gasteiger partial charge in [0.25, 0.3) is 0 Å². The molecule has 0 bridgehead atoms. The lowest BCUT2D eigenvalue weighted by atomic mass is 10.3. The Morgan fingerprint density at radius 1 is 0.586 bits per heavy atom. The van der Waals surface area contributed by atoms with Crippen molar-refractivity contribution in [3.05, 3.63) is 115 Å². The summed E-state index contributed by atoms with van der Waals surface area (Å²) in [5, 5.41) is 4.39. The molecule has 3 aromatic carbocycles. The first-order chi connectivity index (χ1) is 13.9. The van der Waals surface area contributed by atoms with Crippen molar-refractivity contribution in [3.63, 3.8) is 0 Å². The molecule has 0 atom stereocenters. The van der Waals surface area contributed by atoms with Crippen LogP contribution in [0.4, 0.5) is 0 Å². The van der Waals surface area contributed by atoms with Crippen LogP contribution in [0.15, 0.2) is 115 Å². The minimum atomic E-state index is -1.68. The summed E-state index contributed by atoms with van der Waals surface area (Å²) in [6.45, 7) is 2.18. The van der Waals surface area contributed by atoms with Gasteiger partial charge >= 0.3 is 0 Å². The van der Waals surface area contributed by atoms with Gasteiger partial charge in [-0.25, -0.2) is 0 Å². The van der Waals surface area contributed by atoms with Gasteiger partial charge in [0.05, 0.1) is 6.16 Å². The Balaban J connectivity index is 0.00000300. The van der Waals surface area contributed by atoms with E-state index in [0.29, 0.717) is 0 Å². The summed E-state index contributed by atoms with van der Waals surface area (Å²) >= 11 is 0. The molecule has 0 fully saturated rings. The second kappa shape index (κ2) is 12.8. The summed E-state index contributed by atoms with van der Waals surface area (Å²) in [5.41, 5.74) is 0. The van der Waals surface area contributed by atoms with E-state index in [2.05, 4.69) is 122 Å². The van der Waals surface area contributed by atoms with Gasteiger partial charge in [-0.2, -0.15) is 0 Å². The van der Waals surface area contributed by atoms with Crippen LogP contribution in [0, 0.1) is 0 Å². The summed E-state index contributed by atoms with van der Waals surface area (Å²) in [7, 11) is -1.68. The zero-order valence-electron chi connectivity index (χ0n) is 17.1. The average molecular weight is 512 g/mol. The zero-order valence-corrected chi connectivity index (χ0v) is 20.2. The highest BCUT2D eigenvalue weighted by molar-refractivity contribution is 7.95. The van der Waals surface area contributed by atoms with E-state index in [0.717, 1.165) is 25.4 Å². The highest BCUT2D eigenvalue weighted by atomic mass is 127. The minimum absolute atomic E-state index is 0. The van der Waals surface area contributed by atoms with Gasteiger partial charge in [0, 0.05) is 6.42 Å². The van der Waals surface area contributed by atoms with Crippen LogP contribution >= 0.6 is 7.26 Å². The molecule has 0 aliphatic carbocycles. The molecule has 0 spiro atoms.